The maximum atomic E-state index is 15.4. The van der Waals surface area contributed by atoms with Crippen molar-refractivity contribution in [2.75, 3.05) is 0 Å². The summed E-state index contributed by atoms with van der Waals surface area (Å²) >= 11 is 0. The molecule has 0 spiro atoms. The minimum Gasteiger partial charge on any atom is -0.452 e. The van der Waals surface area contributed by atoms with E-state index < -0.39 is 11.6 Å². The van der Waals surface area contributed by atoms with Crippen molar-refractivity contribution in [2.24, 2.45) is 0 Å². The van der Waals surface area contributed by atoms with Crippen LogP contribution in [0.3, 0.4) is 0 Å². The van der Waals surface area contributed by atoms with Gasteiger partial charge < -0.3 is 8.83 Å². The summed E-state index contributed by atoms with van der Waals surface area (Å²) in [6, 6.07) is 11.6. The van der Waals surface area contributed by atoms with Crippen LogP contribution in [0.25, 0.3) is 43.9 Å². The number of hydrogen-bond donors (Lipinski definition) is 0. The molecule has 0 atom stereocenters. The van der Waals surface area contributed by atoms with Crippen LogP contribution in [0.1, 0.15) is 89.2 Å². The van der Waals surface area contributed by atoms with Gasteiger partial charge in [0, 0.05) is 10.8 Å². The van der Waals surface area contributed by atoms with E-state index in [1.165, 1.54) is 44.9 Å². The van der Waals surface area contributed by atoms with Crippen molar-refractivity contribution in [3.05, 3.63) is 59.2 Å². The minimum absolute atomic E-state index is 0.162. The maximum absolute atomic E-state index is 15.4. The molecule has 190 valence electrons. The summed E-state index contributed by atoms with van der Waals surface area (Å²) in [7, 11) is 0. The molecule has 0 fully saturated rings. The SMILES string of the molecule is CCCCCCCCCCc1ccc2c(c1)oc1c3oc4cc(CCCC)ccc4c3c(F)c(F)c21. The molecule has 2 aromatic heterocycles. The van der Waals surface area contributed by atoms with Gasteiger partial charge in [-0.2, -0.15) is 0 Å². The van der Waals surface area contributed by atoms with Crippen LogP contribution in [-0.2, 0) is 12.8 Å². The Morgan fingerprint density at radius 1 is 0.556 bits per heavy atom. The lowest BCUT2D eigenvalue weighted by Crippen LogP contribution is -1.88. The molecule has 0 unspecified atom stereocenters. The summed E-state index contributed by atoms with van der Waals surface area (Å²) in [5.74, 6) is -1.74. The third-order valence-electron chi connectivity index (χ3n) is 7.48. The van der Waals surface area contributed by atoms with Crippen molar-refractivity contribution in [2.45, 2.75) is 90.9 Å². The zero-order valence-corrected chi connectivity index (χ0v) is 21.5. The van der Waals surface area contributed by atoms with Gasteiger partial charge in [0.05, 0.1) is 10.8 Å². The predicted octanol–water partition coefficient (Wildman–Crippen LogP) is 10.8. The lowest BCUT2D eigenvalue weighted by molar-refractivity contribution is 0.523. The first-order valence-electron chi connectivity index (χ1n) is 13.8. The molecule has 0 aliphatic heterocycles. The lowest BCUT2D eigenvalue weighted by Gasteiger charge is -2.03. The van der Waals surface area contributed by atoms with Crippen molar-refractivity contribution < 1.29 is 17.6 Å². The Morgan fingerprint density at radius 3 is 1.50 bits per heavy atom. The van der Waals surface area contributed by atoms with Crippen LogP contribution in [-0.4, -0.2) is 0 Å². The van der Waals surface area contributed by atoms with Crippen molar-refractivity contribution in [3.63, 3.8) is 0 Å². The van der Waals surface area contributed by atoms with Crippen LogP contribution in [0.15, 0.2) is 45.2 Å². The summed E-state index contributed by atoms with van der Waals surface area (Å²) < 4.78 is 43.0. The zero-order valence-electron chi connectivity index (χ0n) is 21.5. The molecule has 4 heteroatoms. The molecule has 0 N–H and O–H groups in total. The fraction of sp³-hybridized carbons (Fsp3) is 0.438. The van der Waals surface area contributed by atoms with Gasteiger partial charge in [-0.25, -0.2) is 8.78 Å². The minimum atomic E-state index is -0.872. The molecule has 0 aliphatic rings. The summed E-state index contributed by atoms with van der Waals surface area (Å²) in [6.45, 7) is 4.39. The molecule has 36 heavy (non-hydrogen) atoms. The van der Waals surface area contributed by atoms with Crippen LogP contribution in [0, 0.1) is 11.6 Å². The summed E-state index contributed by atoms with van der Waals surface area (Å²) in [4.78, 5) is 0. The molecule has 0 bridgehead atoms. The molecular weight excluding hydrogens is 454 g/mol. The highest BCUT2D eigenvalue weighted by Gasteiger charge is 2.25. The van der Waals surface area contributed by atoms with Crippen molar-refractivity contribution in [1.29, 1.82) is 0 Å². The average molecular weight is 491 g/mol. The van der Waals surface area contributed by atoms with Gasteiger partial charge in [-0.15, -0.1) is 0 Å². The number of halogens is 2. The van der Waals surface area contributed by atoms with Gasteiger partial charge >= 0.3 is 0 Å². The molecule has 0 saturated heterocycles. The second-order valence-corrected chi connectivity index (χ2v) is 10.2. The molecule has 3 aromatic carbocycles. The highest BCUT2D eigenvalue weighted by Crippen LogP contribution is 2.42. The molecule has 2 nitrogen and oxygen atoms in total. The van der Waals surface area contributed by atoms with E-state index in [-0.39, 0.29) is 21.9 Å². The number of fused-ring (bicyclic) bond motifs is 7. The number of benzene rings is 3. The van der Waals surface area contributed by atoms with Gasteiger partial charge in [-0.05, 0) is 48.9 Å². The van der Waals surface area contributed by atoms with Crippen molar-refractivity contribution >= 4 is 43.9 Å². The fourth-order valence-electron chi connectivity index (χ4n) is 5.41. The number of unbranched alkanes of at least 4 members (excludes halogenated alkanes) is 8. The van der Waals surface area contributed by atoms with E-state index in [0.717, 1.165) is 43.2 Å². The van der Waals surface area contributed by atoms with E-state index in [0.29, 0.717) is 21.9 Å². The Bertz CT molecular complexity index is 1490. The Kier molecular flexibility index (Phi) is 7.59. The summed E-state index contributed by atoms with van der Waals surface area (Å²) in [6.07, 6.45) is 14.3. The Hall–Kier alpha value is -2.88. The van der Waals surface area contributed by atoms with Crippen LogP contribution < -0.4 is 0 Å². The van der Waals surface area contributed by atoms with Gasteiger partial charge in [-0.1, -0.05) is 89.5 Å². The second-order valence-electron chi connectivity index (χ2n) is 10.2. The van der Waals surface area contributed by atoms with Gasteiger partial charge in [0.1, 0.15) is 11.2 Å². The average Bonchev–Trinajstić information content (AvgIpc) is 3.46. The standard InChI is InChI=1S/C32H36F2O2/c1-3-5-7-8-9-10-11-12-14-22-16-18-24-26(20-22)36-32-28(24)30(34)29(33)27-23-17-15-21(13-6-4-2)19-25(23)35-31(27)32/h15-20H,3-14H2,1-2H3. The highest BCUT2D eigenvalue weighted by molar-refractivity contribution is 6.19. The first kappa shape index (κ1) is 24.8. The van der Waals surface area contributed by atoms with Gasteiger partial charge in [0.15, 0.2) is 22.8 Å². The maximum Gasteiger partial charge on any atom is 0.181 e. The second kappa shape index (κ2) is 11.0. The smallest absolute Gasteiger partial charge is 0.181 e. The number of hydrogen-bond acceptors (Lipinski definition) is 2. The Labute approximate surface area is 211 Å². The molecule has 0 saturated carbocycles. The monoisotopic (exact) mass is 490 g/mol. The van der Waals surface area contributed by atoms with Crippen LogP contribution in [0.2, 0.25) is 0 Å². The van der Waals surface area contributed by atoms with Crippen LogP contribution in [0.4, 0.5) is 8.78 Å². The molecule has 0 aliphatic carbocycles. The number of furan rings is 2. The third-order valence-corrected chi connectivity index (χ3v) is 7.48. The summed E-state index contributed by atoms with van der Waals surface area (Å²) in [5, 5.41) is 1.50. The fourth-order valence-corrected chi connectivity index (χ4v) is 5.41. The Morgan fingerprint density at radius 2 is 1.00 bits per heavy atom. The molecule has 2 heterocycles. The Balaban J connectivity index is 1.43. The first-order chi connectivity index (χ1) is 17.6. The molecule has 0 amide bonds. The van der Waals surface area contributed by atoms with Gasteiger partial charge in [-0.3, -0.25) is 0 Å². The molecule has 5 aromatic rings. The largest absolute Gasteiger partial charge is 0.452 e. The molecule has 0 radical (unpaired) electrons. The van der Waals surface area contributed by atoms with E-state index in [1.54, 1.807) is 0 Å². The summed E-state index contributed by atoms with van der Waals surface area (Å²) in [5.41, 5.74) is 4.02. The first-order valence-corrected chi connectivity index (χ1v) is 13.8. The van der Waals surface area contributed by atoms with E-state index in [4.69, 9.17) is 8.83 Å². The molecule has 5 rings (SSSR count). The van der Waals surface area contributed by atoms with Crippen molar-refractivity contribution in [3.8, 4) is 0 Å². The van der Waals surface area contributed by atoms with E-state index in [1.807, 2.05) is 36.4 Å². The van der Waals surface area contributed by atoms with E-state index >= 15 is 8.78 Å². The zero-order chi connectivity index (χ0) is 25.1. The predicted molar refractivity (Wildman–Crippen MR) is 146 cm³/mol. The third kappa shape index (κ3) is 4.75. The topological polar surface area (TPSA) is 26.3 Å². The van der Waals surface area contributed by atoms with E-state index in [2.05, 4.69) is 13.8 Å². The van der Waals surface area contributed by atoms with Crippen molar-refractivity contribution in [1.82, 2.24) is 0 Å². The number of aryl methyl sites for hydroxylation is 2. The lowest BCUT2D eigenvalue weighted by atomic mass is 10.0. The highest BCUT2D eigenvalue weighted by atomic mass is 19.2. The van der Waals surface area contributed by atoms with Gasteiger partial charge in [0.2, 0.25) is 0 Å². The number of rotatable bonds is 12. The van der Waals surface area contributed by atoms with Crippen LogP contribution >= 0.6 is 0 Å². The molecular formula is C32H36F2O2. The normalized spacial score (nSPS) is 12.1. The van der Waals surface area contributed by atoms with E-state index in [9.17, 15) is 0 Å². The van der Waals surface area contributed by atoms with Crippen LogP contribution in [0.5, 0.6) is 0 Å². The van der Waals surface area contributed by atoms with Gasteiger partial charge in [0.25, 0.3) is 0 Å². The quantitative estimate of drug-likeness (QED) is 0.163.